The molecule has 6 heteroatoms. The Labute approximate surface area is 112 Å². The molecule has 1 fully saturated rings. The van der Waals surface area contributed by atoms with Crippen LogP contribution in [0.5, 0.6) is 0 Å². The summed E-state index contributed by atoms with van der Waals surface area (Å²) in [5.41, 5.74) is 5.96. The lowest BCUT2D eigenvalue weighted by molar-refractivity contribution is 0.119. The van der Waals surface area contributed by atoms with E-state index in [0.717, 1.165) is 25.3 Å². The van der Waals surface area contributed by atoms with Crippen molar-refractivity contribution in [3.63, 3.8) is 0 Å². The second-order valence-electron chi connectivity index (χ2n) is 4.53. The van der Waals surface area contributed by atoms with Gasteiger partial charge in [0.05, 0.1) is 17.9 Å². The minimum absolute atomic E-state index is 0.289. The van der Waals surface area contributed by atoms with E-state index in [1.807, 2.05) is 11.8 Å². The number of rotatable bonds is 6. The first-order valence-electron chi connectivity index (χ1n) is 6.59. The van der Waals surface area contributed by atoms with Gasteiger partial charge in [-0.1, -0.05) is 18.5 Å². The average Bonchev–Trinajstić information content (AvgIpc) is 2.89. The third-order valence-corrected chi connectivity index (χ3v) is 4.25. The van der Waals surface area contributed by atoms with Crippen LogP contribution >= 0.6 is 11.8 Å². The molecular weight excluding hydrogens is 250 g/mol. The van der Waals surface area contributed by atoms with E-state index in [9.17, 15) is 0 Å². The predicted octanol–water partition coefficient (Wildman–Crippen LogP) is 2.45. The number of nitrogens with zero attached hydrogens (tertiary/aromatic N) is 2. The van der Waals surface area contributed by atoms with Crippen LogP contribution in [0.25, 0.3) is 0 Å². The van der Waals surface area contributed by atoms with Crippen LogP contribution in [0.4, 0.5) is 0 Å². The van der Waals surface area contributed by atoms with Crippen LogP contribution in [0.2, 0.25) is 0 Å². The van der Waals surface area contributed by atoms with E-state index in [2.05, 4.69) is 17.1 Å². The molecule has 0 saturated carbocycles. The summed E-state index contributed by atoms with van der Waals surface area (Å²) in [5.74, 6) is 2.46. The van der Waals surface area contributed by atoms with Gasteiger partial charge in [-0.3, -0.25) is 0 Å². The van der Waals surface area contributed by atoms with Gasteiger partial charge < -0.3 is 15.0 Å². The SMILES string of the molecule is CCCOCC(N)c1noc(C2CCCCS2)n1. The van der Waals surface area contributed by atoms with Crippen LogP contribution in [0.1, 0.15) is 55.6 Å². The van der Waals surface area contributed by atoms with Gasteiger partial charge in [-0.15, -0.1) is 11.8 Å². The van der Waals surface area contributed by atoms with Crippen molar-refractivity contribution in [3.05, 3.63) is 11.7 Å². The molecule has 1 aliphatic rings. The first-order chi connectivity index (χ1) is 8.81. The van der Waals surface area contributed by atoms with E-state index in [0.29, 0.717) is 17.7 Å². The molecule has 1 saturated heterocycles. The van der Waals surface area contributed by atoms with Gasteiger partial charge in [0.2, 0.25) is 5.89 Å². The van der Waals surface area contributed by atoms with Crippen LogP contribution in [0, 0.1) is 0 Å². The van der Waals surface area contributed by atoms with Crippen molar-refractivity contribution < 1.29 is 9.26 Å². The zero-order chi connectivity index (χ0) is 12.8. The Morgan fingerprint density at radius 2 is 2.44 bits per heavy atom. The second kappa shape index (κ2) is 7.11. The largest absolute Gasteiger partial charge is 0.379 e. The quantitative estimate of drug-likeness (QED) is 0.801. The Kier molecular flexibility index (Phi) is 5.46. The van der Waals surface area contributed by atoms with Crippen LogP contribution in [0.3, 0.4) is 0 Å². The highest BCUT2D eigenvalue weighted by molar-refractivity contribution is 7.99. The Morgan fingerprint density at radius 3 is 3.17 bits per heavy atom. The molecule has 0 spiro atoms. The van der Waals surface area contributed by atoms with Gasteiger partial charge in [-0.05, 0) is 25.0 Å². The number of hydrogen-bond donors (Lipinski definition) is 1. The highest BCUT2D eigenvalue weighted by Gasteiger charge is 2.23. The van der Waals surface area contributed by atoms with Gasteiger partial charge in [0.25, 0.3) is 0 Å². The molecule has 2 unspecified atom stereocenters. The van der Waals surface area contributed by atoms with Crippen LogP contribution in [-0.2, 0) is 4.74 Å². The second-order valence-corrected chi connectivity index (χ2v) is 5.84. The van der Waals surface area contributed by atoms with Crippen molar-refractivity contribution in [2.75, 3.05) is 19.0 Å². The molecule has 2 heterocycles. The van der Waals surface area contributed by atoms with Gasteiger partial charge in [-0.2, -0.15) is 4.98 Å². The molecule has 0 aromatic carbocycles. The average molecular weight is 271 g/mol. The van der Waals surface area contributed by atoms with Crippen molar-refractivity contribution in [2.24, 2.45) is 5.73 Å². The zero-order valence-electron chi connectivity index (χ0n) is 10.8. The molecule has 0 radical (unpaired) electrons. The summed E-state index contributed by atoms with van der Waals surface area (Å²) in [6.07, 6.45) is 4.63. The lowest BCUT2D eigenvalue weighted by Crippen LogP contribution is -2.19. The van der Waals surface area contributed by atoms with Gasteiger partial charge >= 0.3 is 0 Å². The summed E-state index contributed by atoms with van der Waals surface area (Å²) < 4.78 is 10.7. The maximum Gasteiger partial charge on any atom is 0.239 e. The molecule has 1 aromatic rings. The fraction of sp³-hybridized carbons (Fsp3) is 0.833. The standard InChI is InChI=1S/C12H21N3O2S/c1-2-6-16-8-9(13)11-14-12(17-15-11)10-5-3-4-7-18-10/h9-10H,2-8,13H2,1H3. The van der Waals surface area contributed by atoms with Crippen LogP contribution in [0.15, 0.2) is 4.52 Å². The van der Waals surface area contributed by atoms with Crippen molar-refractivity contribution in [1.29, 1.82) is 0 Å². The summed E-state index contributed by atoms with van der Waals surface area (Å²) in [6.45, 7) is 3.24. The van der Waals surface area contributed by atoms with Gasteiger partial charge in [0, 0.05) is 6.61 Å². The minimum atomic E-state index is -0.289. The smallest absolute Gasteiger partial charge is 0.239 e. The number of aromatic nitrogens is 2. The summed E-state index contributed by atoms with van der Waals surface area (Å²) in [4.78, 5) is 4.41. The molecule has 18 heavy (non-hydrogen) atoms. The van der Waals surface area contributed by atoms with Gasteiger partial charge in [0.15, 0.2) is 5.82 Å². The molecule has 1 aromatic heterocycles. The summed E-state index contributed by atoms with van der Waals surface area (Å²) >= 11 is 1.89. The van der Waals surface area contributed by atoms with Crippen molar-refractivity contribution in [2.45, 2.75) is 43.9 Å². The maximum absolute atomic E-state index is 5.96. The summed E-state index contributed by atoms with van der Waals surface area (Å²) in [5, 5.41) is 4.32. The molecular formula is C12H21N3O2S. The highest BCUT2D eigenvalue weighted by atomic mass is 32.2. The number of hydrogen-bond acceptors (Lipinski definition) is 6. The fourth-order valence-electron chi connectivity index (χ4n) is 1.89. The minimum Gasteiger partial charge on any atom is -0.379 e. The van der Waals surface area contributed by atoms with Crippen LogP contribution < -0.4 is 5.73 Å². The van der Waals surface area contributed by atoms with Crippen molar-refractivity contribution >= 4 is 11.8 Å². The summed E-state index contributed by atoms with van der Waals surface area (Å²) in [7, 11) is 0. The van der Waals surface area contributed by atoms with E-state index >= 15 is 0 Å². The molecule has 2 N–H and O–H groups in total. The highest BCUT2D eigenvalue weighted by Crippen LogP contribution is 2.37. The Balaban J connectivity index is 1.88. The lowest BCUT2D eigenvalue weighted by atomic mass is 10.2. The van der Waals surface area contributed by atoms with Crippen LogP contribution in [-0.4, -0.2) is 29.1 Å². The van der Waals surface area contributed by atoms with E-state index < -0.39 is 0 Å². The molecule has 5 nitrogen and oxygen atoms in total. The predicted molar refractivity (Wildman–Crippen MR) is 71.4 cm³/mol. The number of thioether (sulfide) groups is 1. The Morgan fingerprint density at radius 1 is 1.56 bits per heavy atom. The normalized spacial score (nSPS) is 22.0. The molecule has 102 valence electrons. The first-order valence-corrected chi connectivity index (χ1v) is 7.64. The monoisotopic (exact) mass is 271 g/mol. The molecule has 1 aliphatic heterocycles. The van der Waals surface area contributed by atoms with E-state index in [1.165, 1.54) is 18.6 Å². The molecule has 2 atom stereocenters. The van der Waals surface area contributed by atoms with Gasteiger partial charge in [0.1, 0.15) is 0 Å². The van der Waals surface area contributed by atoms with Gasteiger partial charge in [-0.25, -0.2) is 0 Å². The number of nitrogens with two attached hydrogens (primary N) is 1. The van der Waals surface area contributed by atoms with E-state index in [-0.39, 0.29) is 6.04 Å². The Hall–Kier alpha value is -0.590. The Bertz CT molecular complexity index is 353. The number of ether oxygens (including phenoxy) is 1. The van der Waals surface area contributed by atoms with Crippen molar-refractivity contribution in [3.8, 4) is 0 Å². The zero-order valence-corrected chi connectivity index (χ0v) is 11.6. The molecule has 0 aliphatic carbocycles. The molecule has 0 amide bonds. The lowest BCUT2D eigenvalue weighted by Gasteiger charge is -2.16. The first kappa shape index (κ1) is 13.8. The summed E-state index contributed by atoms with van der Waals surface area (Å²) in [6, 6.07) is -0.289. The molecule has 0 bridgehead atoms. The third kappa shape index (κ3) is 3.70. The van der Waals surface area contributed by atoms with E-state index in [1.54, 1.807) is 0 Å². The maximum atomic E-state index is 5.96. The molecule has 2 rings (SSSR count). The third-order valence-electron chi connectivity index (χ3n) is 2.89. The topological polar surface area (TPSA) is 74.2 Å². The van der Waals surface area contributed by atoms with Crippen molar-refractivity contribution in [1.82, 2.24) is 10.1 Å². The fourth-order valence-corrected chi connectivity index (χ4v) is 3.12. The van der Waals surface area contributed by atoms with E-state index in [4.69, 9.17) is 15.0 Å².